The number of phenols is 2. The molecule has 0 aromatic heterocycles. The summed E-state index contributed by atoms with van der Waals surface area (Å²) in [7, 11) is -14.2. The number of hydrogen-bond acceptors (Lipinski definition) is 12. The van der Waals surface area contributed by atoms with Crippen LogP contribution in [-0.2, 0) is 62.0 Å². The molecule has 118 heavy (non-hydrogen) atoms. The second-order valence-electron chi connectivity index (χ2n) is 28.9. The van der Waals surface area contributed by atoms with Gasteiger partial charge in [0.2, 0.25) is 0 Å². The highest BCUT2D eigenvalue weighted by molar-refractivity contribution is 7.97. The fraction of sp³-hybridized carbons (Fsp3) is 0.443. The van der Waals surface area contributed by atoms with Crippen LogP contribution in [0.15, 0.2) is 239 Å². The molecular weight excluding hydrogens is 1570 g/mol. The van der Waals surface area contributed by atoms with E-state index in [1.807, 2.05) is 85.7 Å². The van der Waals surface area contributed by atoms with Crippen molar-refractivity contribution in [1.82, 2.24) is 0 Å². The Morgan fingerprint density at radius 3 is 1.13 bits per heavy atom. The van der Waals surface area contributed by atoms with E-state index in [1.54, 1.807) is 31.2 Å². The summed E-state index contributed by atoms with van der Waals surface area (Å²) in [6.07, 6.45) is 4.97. The van der Waals surface area contributed by atoms with Crippen LogP contribution < -0.4 is 4.18 Å². The maximum absolute atomic E-state index is 13.6. The number of aromatic hydroxyl groups is 2. The first kappa shape index (κ1) is 120. The molecule has 1 aliphatic carbocycles. The summed E-state index contributed by atoms with van der Waals surface area (Å²) in [5.41, 5.74) is 7.28. The fourth-order valence-electron chi connectivity index (χ4n) is 10.4. The average Bonchev–Trinajstić information content (AvgIpc) is 0.878. The van der Waals surface area contributed by atoms with Crippen LogP contribution >= 0.6 is 0 Å². The van der Waals surface area contributed by atoms with Crippen molar-refractivity contribution in [1.29, 1.82) is 0 Å². The number of phenolic OH excluding ortho intramolecular Hbond substituents is 2. The van der Waals surface area contributed by atoms with Crippen LogP contribution in [0.25, 0.3) is 10.8 Å². The van der Waals surface area contributed by atoms with Crippen LogP contribution in [0.3, 0.4) is 0 Å². The molecule has 12 nitrogen and oxygen atoms in total. The zero-order chi connectivity index (χ0) is 80.8. The third kappa shape index (κ3) is 32.2. The second-order valence-corrected chi connectivity index (χ2v) is 33.9. The number of carbonyl (C=O) groups excluding carboxylic acids is 2. The van der Waals surface area contributed by atoms with E-state index in [-0.39, 0.29) is 121 Å². The van der Waals surface area contributed by atoms with Gasteiger partial charge in [0.15, 0.2) is 24.8 Å². The van der Waals surface area contributed by atoms with Crippen LogP contribution in [0.4, 0.5) is 26.3 Å². The fourth-order valence-corrected chi connectivity index (χ4v) is 14.0. The summed E-state index contributed by atoms with van der Waals surface area (Å²) < 4.78 is 149. The number of esters is 2. The smallest absolute Gasteiger partial charge is 0.450 e. The SMILES string of the molecule is C.C.C.C.C.C.C.C.C.C.CCC(C)(C)C(=O)OC(C)c1ccc(C(C)(C)C)cc1.CCC(C)(C)C(=O)OC1Cc2cccc3cccc1c23.CCC(C)c1ccc(O)cc1.CCC(C)c1ccc(O)cc1.CCC(C)c1ccc(OS(=O)(=O)C(F)(F)C(F)(F)C(F)(F)S(=O)(=O)[O-])cc1.c1ccc([S+](c2ccccc2)c2ccccc2)cc1. The number of rotatable bonds is 22. The zero-order valence-electron chi connectivity index (χ0n) is 64.5. The van der Waals surface area contributed by atoms with E-state index in [0.29, 0.717) is 35.3 Å². The van der Waals surface area contributed by atoms with Gasteiger partial charge >= 0.3 is 38.5 Å². The monoisotopic (exact) mass is 1710 g/mol. The standard InChI is InChI=1S/C18H20O2.C18H28O2.C18H15S.C13H14F6O6S2.2C10H14O.10CH4/c1-4-18(2,3)17(19)20-15-11-13-9-5-7-12-8-6-10-14(15)16(12)13;1-8-18(6,7)16(19)20-13(2)14-9-11-15(12-10-14)17(3,4)5;1-4-10-16(11-5-1)19(17-12-6-2-7-13-17)18-14-8-3-9-15-18;1-3-8(2)9-4-6-10(7-5-9)25-27(23,24)13(18,19)11(14,15)12(16,17)26(20,21)22;2*1-3-8(2)9-4-6-10(11)7-5-9;;;;;;;;;;/h5-10,15H,4,11H2,1-3H3;9-13H,8H2,1-7H3;1-15H;4-8H,3H2,1-2H3,(H,20,21,22);2*4-8,11H,3H2,1-2H3;10*1H4/q;;+1;;;;;;;;;;;;;/p-1. The van der Waals surface area contributed by atoms with Gasteiger partial charge in [-0.3, -0.25) is 9.59 Å². The summed E-state index contributed by atoms with van der Waals surface area (Å²) in [5, 5.41) is 6.86. The highest BCUT2D eigenvalue weighted by atomic mass is 32.2. The van der Waals surface area contributed by atoms with Gasteiger partial charge in [-0.15, -0.1) is 0 Å². The van der Waals surface area contributed by atoms with Crippen LogP contribution in [0.1, 0.15) is 286 Å². The summed E-state index contributed by atoms with van der Waals surface area (Å²) in [5.74, 6) is -6.40. The van der Waals surface area contributed by atoms with E-state index in [2.05, 4.69) is 198 Å². The third-order valence-corrected chi connectivity index (χ3v) is 23.6. The van der Waals surface area contributed by atoms with E-state index in [9.17, 15) is 57.3 Å². The van der Waals surface area contributed by atoms with E-state index in [0.717, 1.165) is 55.4 Å². The molecule has 10 rings (SSSR count). The maximum Gasteiger partial charge on any atom is 0.450 e. The highest BCUT2D eigenvalue weighted by Gasteiger charge is 2.81. The number of carbonyl (C=O) groups is 2. The van der Waals surface area contributed by atoms with Gasteiger partial charge in [-0.25, -0.2) is 8.42 Å². The minimum absolute atomic E-state index is 0. The van der Waals surface area contributed by atoms with Gasteiger partial charge in [0.25, 0.3) is 0 Å². The van der Waals surface area contributed by atoms with Gasteiger partial charge in [0.1, 0.15) is 29.5 Å². The van der Waals surface area contributed by atoms with E-state index >= 15 is 0 Å². The lowest BCUT2D eigenvalue weighted by atomic mass is 9.86. The lowest BCUT2D eigenvalue weighted by Gasteiger charge is -2.32. The van der Waals surface area contributed by atoms with Crippen molar-refractivity contribution in [2.24, 2.45) is 10.8 Å². The second kappa shape index (κ2) is 52.4. The quantitative estimate of drug-likeness (QED) is 0.0215. The van der Waals surface area contributed by atoms with Crippen molar-refractivity contribution in [2.45, 2.75) is 290 Å². The first-order valence-corrected chi connectivity index (χ1v) is 40.1. The van der Waals surface area contributed by atoms with Crippen molar-refractivity contribution < 1.29 is 81.2 Å². The number of halogens is 6. The minimum Gasteiger partial charge on any atom is -0.743 e. The van der Waals surface area contributed by atoms with E-state index < -0.39 is 53.2 Å². The predicted octanol–water partition coefficient (Wildman–Crippen LogP) is 29.7. The Labute approximate surface area is 712 Å². The Morgan fingerprint density at radius 2 is 0.788 bits per heavy atom. The molecule has 5 unspecified atom stereocenters. The topological polar surface area (TPSA) is 194 Å². The Morgan fingerprint density at radius 1 is 0.449 bits per heavy atom. The van der Waals surface area contributed by atoms with Gasteiger partial charge < -0.3 is 28.4 Å². The molecule has 0 saturated heterocycles. The van der Waals surface area contributed by atoms with Crippen molar-refractivity contribution in [3.63, 3.8) is 0 Å². The van der Waals surface area contributed by atoms with Crippen LogP contribution in [0.2, 0.25) is 0 Å². The molecule has 5 atom stereocenters. The molecule has 0 aliphatic heterocycles. The van der Waals surface area contributed by atoms with Gasteiger partial charge in [0, 0.05) is 12.0 Å². The van der Waals surface area contributed by atoms with Gasteiger partial charge in [-0.05, 0) is 207 Å². The maximum atomic E-state index is 13.6. The highest BCUT2D eigenvalue weighted by Crippen LogP contribution is 2.51. The minimum atomic E-state index is -7.33. The molecular formula is C97H144F6O12S3. The Kier molecular flexibility index (Phi) is 53.4. The van der Waals surface area contributed by atoms with Crippen molar-refractivity contribution in [2.75, 3.05) is 0 Å². The van der Waals surface area contributed by atoms with Crippen LogP contribution in [-0.4, -0.2) is 60.0 Å². The molecule has 0 heterocycles. The normalized spacial score (nSPS) is 13.0. The molecule has 0 saturated carbocycles. The van der Waals surface area contributed by atoms with Crippen LogP contribution in [0.5, 0.6) is 17.2 Å². The van der Waals surface area contributed by atoms with Gasteiger partial charge in [0.05, 0.1) is 21.7 Å². The summed E-state index contributed by atoms with van der Waals surface area (Å²) in [6, 6.07) is 72.0. The third-order valence-electron chi connectivity index (χ3n) is 19.1. The number of benzene rings is 9. The Hall–Kier alpha value is -8.63. The van der Waals surface area contributed by atoms with Crippen molar-refractivity contribution in [3.8, 4) is 17.2 Å². The average molecular weight is 1710 g/mol. The lowest BCUT2D eigenvalue weighted by Crippen LogP contribution is -2.61. The largest absolute Gasteiger partial charge is 0.743 e. The molecule has 0 radical (unpaired) electrons. The Balaban J connectivity index is -0.000000320. The molecule has 0 spiro atoms. The first-order chi connectivity index (χ1) is 50.4. The molecule has 2 N–H and O–H groups in total. The van der Waals surface area contributed by atoms with E-state index in [1.165, 1.54) is 59.8 Å². The summed E-state index contributed by atoms with van der Waals surface area (Å²) in [4.78, 5) is 28.5. The zero-order valence-corrected chi connectivity index (χ0v) is 66.9. The molecule has 9 aromatic rings. The molecule has 0 fully saturated rings. The predicted molar refractivity (Wildman–Crippen MR) is 486 cm³/mol. The summed E-state index contributed by atoms with van der Waals surface area (Å²) in [6.45, 7) is 32.5. The molecule has 0 bridgehead atoms. The number of ether oxygens (including phenoxy) is 2. The molecule has 0 amide bonds. The van der Waals surface area contributed by atoms with Gasteiger partial charge in [-0.2, -0.15) is 34.8 Å². The Bertz CT molecular complexity index is 4360. The lowest BCUT2D eigenvalue weighted by molar-refractivity contribution is -0.247. The van der Waals surface area contributed by atoms with Crippen LogP contribution in [0, 0.1) is 10.8 Å². The number of hydrogen-bond donors (Lipinski definition) is 2. The molecule has 21 heteroatoms. The molecule has 664 valence electrons. The number of alkyl halides is 6. The summed E-state index contributed by atoms with van der Waals surface area (Å²) >= 11 is 0. The molecule has 9 aromatic carbocycles. The van der Waals surface area contributed by atoms with Crippen molar-refractivity contribution >= 4 is 53.8 Å². The first-order valence-electron chi connectivity index (χ1n) is 36.1. The van der Waals surface area contributed by atoms with Gasteiger partial charge in [-0.1, -0.05) is 302 Å². The van der Waals surface area contributed by atoms with E-state index in [4.69, 9.17) is 19.7 Å². The molecule has 1 aliphatic rings. The van der Waals surface area contributed by atoms with Crippen molar-refractivity contribution in [3.05, 3.63) is 263 Å².